The SMILES string of the molecule is CCNC1CCC2(CC1SCCO)OCCO2. The van der Waals surface area contributed by atoms with Crippen LogP contribution in [0.5, 0.6) is 0 Å². The van der Waals surface area contributed by atoms with Crippen LogP contribution >= 0.6 is 11.8 Å². The van der Waals surface area contributed by atoms with Crippen molar-refractivity contribution in [3.05, 3.63) is 0 Å². The molecule has 1 saturated heterocycles. The second-order valence-electron chi connectivity index (χ2n) is 4.65. The topological polar surface area (TPSA) is 50.7 Å². The van der Waals surface area contributed by atoms with Crippen LogP contribution in [-0.4, -0.2) is 54.3 Å². The Morgan fingerprint density at radius 3 is 2.82 bits per heavy atom. The van der Waals surface area contributed by atoms with Crippen molar-refractivity contribution < 1.29 is 14.6 Å². The molecule has 0 amide bonds. The minimum atomic E-state index is -0.320. The first-order valence-corrected chi connectivity index (χ1v) is 7.58. The van der Waals surface area contributed by atoms with Gasteiger partial charge in [-0.25, -0.2) is 0 Å². The first kappa shape index (κ1) is 13.6. The van der Waals surface area contributed by atoms with Gasteiger partial charge in [0.1, 0.15) is 0 Å². The average molecular weight is 261 g/mol. The smallest absolute Gasteiger partial charge is 0.169 e. The van der Waals surface area contributed by atoms with Crippen molar-refractivity contribution in [2.24, 2.45) is 0 Å². The van der Waals surface area contributed by atoms with Crippen molar-refractivity contribution in [1.29, 1.82) is 0 Å². The maximum atomic E-state index is 8.97. The number of hydrogen-bond acceptors (Lipinski definition) is 5. The largest absolute Gasteiger partial charge is 0.396 e. The summed E-state index contributed by atoms with van der Waals surface area (Å²) >= 11 is 1.83. The molecule has 0 aromatic heterocycles. The maximum absolute atomic E-state index is 8.97. The van der Waals surface area contributed by atoms with Crippen molar-refractivity contribution in [3.63, 3.8) is 0 Å². The standard InChI is InChI=1S/C12H23NO3S/c1-2-13-10-3-4-12(15-6-7-16-12)9-11(10)17-8-5-14/h10-11,13-14H,2-9H2,1H3. The van der Waals surface area contributed by atoms with E-state index in [-0.39, 0.29) is 12.4 Å². The second-order valence-corrected chi connectivity index (χ2v) is 5.99. The number of ether oxygens (including phenoxy) is 2. The summed E-state index contributed by atoms with van der Waals surface area (Å²) in [5, 5.41) is 13.0. The van der Waals surface area contributed by atoms with Gasteiger partial charge in [-0.3, -0.25) is 0 Å². The van der Waals surface area contributed by atoms with E-state index in [4.69, 9.17) is 14.6 Å². The summed E-state index contributed by atoms with van der Waals surface area (Å²) in [6.07, 6.45) is 3.02. The van der Waals surface area contributed by atoms with Crippen molar-refractivity contribution in [2.45, 2.75) is 43.3 Å². The molecule has 0 aromatic carbocycles. The first-order chi connectivity index (χ1) is 8.29. The molecular weight excluding hydrogens is 238 g/mol. The zero-order valence-electron chi connectivity index (χ0n) is 10.5. The van der Waals surface area contributed by atoms with Gasteiger partial charge in [0.25, 0.3) is 0 Å². The lowest BCUT2D eigenvalue weighted by Gasteiger charge is -2.41. The molecule has 100 valence electrons. The Kier molecular flexibility index (Phi) is 5.11. The molecule has 2 fully saturated rings. The van der Waals surface area contributed by atoms with Gasteiger partial charge in [0, 0.05) is 29.9 Å². The van der Waals surface area contributed by atoms with Crippen LogP contribution in [0.3, 0.4) is 0 Å². The van der Waals surface area contributed by atoms with E-state index in [1.165, 1.54) is 0 Å². The lowest BCUT2D eigenvalue weighted by molar-refractivity contribution is -0.178. The Bertz CT molecular complexity index is 234. The van der Waals surface area contributed by atoms with Gasteiger partial charge in [-0.1, -0.05) is 6.92 Å². The van der Waals surface area contributed by atoms with Crippen LogP contribution in [-0.2, 0) is 9.47 Å². The van der Waals surface area contributed by atoms with Gasteiger partial charge in [0.05, 0.1) is 19.8 Å². The predicted octanol–water partition coefficient (Wildman–Crippen LogP) is 0.986. The van der Waals surface area contributed by atoms with Crippen molar-refractivity contribution in [1.82, 2.24) is 5.32 Å². The number of rotatable bonds is 5. The van der Waals surface area contributed by atoms with Crippen molar-refractivity contribution >= 4 is 11.8 Å². The third kappa shape index (κ3) is 3.35. The molecule has 0 aromatic rings. The molecule has 2 atom stereocenters. The Balaban J connectivity index is 1.93. The van der Waals surface area contributed by atoms with Gasteiger partial charge < -0.3 is 19.9 Å². The number of aliphatic hydroxyl groups is 1. The van der Waals surface area contributed by atoms with Crippen LogP contribution in [0.1, 0.15) is 26.2 Å². The molecule has 2 aliphatic rings. The second kappa shape index (κ2) is 6.38. The molecule has 0 radical (unpaired) electrons. The molecule has 1 spiro atoms. The lowest BCUT2D eigenvalue weighted by atomic mass is 9.89. The van der Waals surface area contributed by atoms with Crippen molar-refractivity contribution in [3.8, 4) is 0 Å². The van der Waals surface area contributed by atoms with Crippen LogP contribution in [0, 0.1) is 0 Å². The van der Waals surface area contributed by atoms with E-state index in [0.717, 1.165) is 44.8 Å². The molecule has 2 N–H and O–H groups in total. The Hall–Kier alpha value is 0.190. The monoisotopic (exact) mass is 261 g/mol. The van der Waals surface area contributed by atoms with E-state index in [0.29, 0.717) is 11.3 Å². The lowest BCUT2D eigenvalue weighted by Crippen LogP contribution is -2.49. The van der Waals surface area contributed by atoms with Gasteiger partial charge in [-0.05, 0) is 13.0 Å². The predicted molar refractivity (Wildman–Crippen MR) is 69.3 cm³/mol. The maximum Gasteiger partial charge on any atom is 0.169 e. The normalized spacial score (nSPS) is 32.1. The Labute approximate surface area is 107 Å². The molecule has 1 aliphatic heterocycles. The van der Waals surface area contributed by atoms with E-state index in [1.54, 1.807) is 0 Å². The molecule has 1 saturated carbocycles. The first-order valence-electron chi connectivity index (χ1n) is 6.53. The molecular formula is C12H23NO3S. The van der Waals surface area contributed by atoms with Crippen LogP contribution < -0.4 is 5.32 Å². The molecule has 2 unspecified atom stereocenters. The minimum absolute atomic E-state index is 0.245. The molecule has 1 heterocycles. The molecule has 2 rings (SSSR count). The fourth-order valence-electron chi connectivity index (χ4n) is 2.75. The highest BCUT2D eigenvalue weighted by Crippen LogP contribution is 2.40. The zero-order chi connectivity index (χ0) is 12.1. The fraction of sp³-hybridized carbons (Fsp3) is 1.00. The highest BCUT2D eigenvalue weighted by molar-refractivity contribution is 8.00. The van der Waals surface area contributed by atoms with Crippen LogP contribution in [0.4, 0.5) is 0 Å². The summed E-state index contributed by atoms with van der Waals surface area (Å²) in [4.78, 5) is 0. The van der Waals surface area contributed by atoms with E-state index in [1.807, 2.05) is 11.8 Å². The summed E-state index contributed by atoms with van der Waals surface area (Å²) in [7, 11) is 0. The highest BCUT2D eigenvalue weighted by Gasteiger charge is 2.44. The van der Waals surface area contributed by atoms with E-state index < -0.39 is 0 Å². The molecule has 0 bridgehead atoms. The summed E-state index contributed by atoms with van der Waals surface area (Å²) in [6.45, 7) is 4.83. The van der Waals surface area contributed by atoms with Crippen LogP contribution in [0.2, 0.25) is 0 Å². The third-order valence-electron chi connectivity index (χ3n) is 3.50. The number of nitrogens with one attached hydrogen (secondary N) is 1. The number of hydrogen-bond donors (Lipinski definition) is 2. The van der Waals surface area contributed by atoms with Gasteiger partial charge >= 0.3 is 0 Å². The number of thioether (sulfide) groups is 1. The minimum Gasteiger partial charge on any atom is -0.396 e. The summed E-state index contributed by atoms with van der Waals surface area (Å²) in [5.41, 5.74) is 0. The highest BCUT2D eigenvalue weighted by atomic mass is 32.2. The summed E-state index contributed by atoms with van der Waals surface area (Å²) < 4.78 is 11.6. The number of aliphatic hydroxyl groups excluding tert-OH is 1. The molecule has 17 heavy (non-hydrogen) atoms. The Morgan fingerprint density at radius 1 is 1.41 bits per heavy atom. The molecule has 5 heteroatoms. The molecule has 4 nitrogen and oxygen atoms in total. The quantitative estimate of drug-likeness (QED) is 0.773. The molecule has 1 aliphatic carbocycles. The van der Waals surface area contributed by atoms with E-state index in [9.17, 15) is 0 Å². The van der Waals surface area contributed by atoms with Gasteiger partial charge in [0.2, 0.25) is 0 Å². The summed E-state index contributed by atoms with van der Waals surface area (Å²) in [5.74, 6) is 0.474. The average Bonchev–Trinajstić information content (AvgIpc) is 2.78. The van der Waals surface area contributed by atoms with Gasteiger partial charge in [0.15, 0.2) is 5.79 Å². The Morgan fingerprint density at radius 2 is 2.18 bits per heavy atom. The van der Waals surface area contributed by atoms with Gasteiger partial charge in [-0.2, -0.15) is 11.8 Å². The van der Waals surface area contributed by atoms with Crippen LogP contribution in [0.15, 0.2) is 0 Å². The van der Waals surface area contributed by atoms with E-state index >= 15 is 0 Å². The van der Waals surface area contributed by atoms with Crippen LogP contribution in [0.25, 0.3) is 0 Å². The van der Waals surface area contributed by atoms with Crippen molar-refractivity contribution in [2.75, 3.05) is 32.1 Å². The van der Waals surface area contributed by atoms with E-state index in [2.05, 4.69) is 12.2 Å². The van der Waals surface area contributed by atoms with Gasteiger partial charge in [-0.15, -0.1) is 0 Å². The third-order valence-corrected chi connectivity index (χ3v) is 4.84. The zero-order valence-corrected chi connectivity index (χ0v) is 11.3. The fourth-order valence-corrected chi connectivity index (χ4v) is 3.99. The summed E-state index contributed by atoms with van der Waals surface area (Å²) in [6, 6.07) is 0.523.